The van der Waals surface area contributed by atoms with Crippen LogP contribution in [-0.2, 0) is 14.8 Å². The Hall–Kier alpha value is -0.620. The molecule has 1 fully saturated rings. The second-order valence-electron chi connectivity index (χ2n) is 5.81. The summed E-state index contributed by atoms with van der Waals surface area (Å²) in [7, 11) is -3.37. The van der Waals surface area contributed by atoms with Gasteiger partial charge in [0.05, 0.1) is 11.7 Å². The molecule has 0 aliphatic heterocycles. The van der Waals surface area contributed by atoms with Crippen LogP contribution in [0, 0.1) is 11.8 Å². The van der Waals surface area contributed by atoms with Crippen LogP contribution in [0.3, 0.4) is 0 Å². The first kappa shape index (κ1) is 16.4. The minimum Gasteiger partial charge on any atom is -0.481 e. The Morgan fingerprint density at radius 1 is 1.26 bits per heavy atom. The molecule has 0 amide bonds. The highest BCUT2D eigenvalue weighted by atomic mass is 32.2. The zero-order valence-corrected chi connectivity index (χ0v) is 12.6. The summed E-state index contributed by atoms with van der Waals surface area (Å²) >= 11 is 0. The SMILES string of the molecule is CC(C)CCS(=O)(=O)NC1CCCCCC1C(=O)O. The van der Waals surface area contributed by atoms with E-state index in [4.69, 9.17) is 0 Å². The van der Waals surface area contributed by atoms with Crippen LogP contribution in [0.15, 0.2) is 0 Å². The average molecular weight is 291 g/mol. The van der Waals surface area contributed by atoms with Crippen molar-refractivity contribution in [2.45, 2.75) is 58.4 Å². The van der Waals surface area contributed by atoms with Gasteiger partial charge in [-0.2, -0.15) is 0 Å². The van der Waals surface area contributed by atoms with Crippen LogP contribution in [0.1, 0.15) is 52.4 Å². The molecule has 112 valence electrons. The van der Waals surface area contributed by atoms with Crippen LogP contribution in [0.25, 0.3) is 0 Å². The van der Waals surface area contributed by atoms with Gasteiger partial charge in [0.25, 0.3) is 0 Å². The third kappa shape index (κ3) is 5.91. The van der Waals surface area contributed by atoms with Crippen molar-refractivity contribution in [1.82, 2.24) is 4.72 Å². The number of carbonyl (C=O) groups is 1. The summed E-state index contributed by atoms with van der Waals surface area (Å²) in [6.07, 6.45) is 4.51. The van der Waals surface area contributed by atoms with Crippen molar-refractivity contribution in [2.75, 3.05) is 5.75 Å². The Balaban J connectivity index is 2.67. The van der Waals surface area contributed by atoms with Crippen LogP contribution in [0.2, 0.25) is 0 Å². The molecule has 2 atom stereocenters. The predicted molar refractivity (Wildman–Crippen MR) is 74.4 cm³/mol. The molecule has 19 heavy (non-hydrogen) atoms. The van der Waals surface area contributed by atoms with Gasteiger partial charge in [0.1, 0.15) is 0 Å². The zero-order valence-electron chi connectivity index (χ0n) is 11.8. The van der Waals surface area contributed by atoms with Gasteiger partial charge >= 0.3 is 5.97 Å². The Labute approximate surface area is 115 Å². The molecule has 0 aromatic carbocycles. The third-order valence-electron chi connectivity index (χ3n) is 3.63. The van der Waals surface area contributed by atoms with Gasteiger partial charge in [0.15, 0.2) is 0 Å². The van der Waals surface area contributed by atoms with Gasteiger partial charge in [-0.15, -0.1) is 0 Å². The highest BCUT2D eigenvalue weighted by Gasteiger charge is 2.32. The Bertz CT molecular complexity index is 391. The first-order valence-corrected chi connectivity index (χ1v) is 8.70. The quantitative estimate of drug-likeness (QED) is 0.733. The van der Waals surface area contributed by atoms with Crippen molar-refractivity contribution < 1.29 is 18.3 Å². The highest BCUT2D eigenvalue weighted by molar-refractivity contribution is 7.89. The molecule has 0 heterocycles. The van der Waals surface area contributed by atoms with E-state index in [1.54, 1.807) is 0 Å². The van der Waals surface area contributed by atoms with E-state index in [1.807, 2.05) is 13.8 Å². The normalized spacial score (nSPS) is 25.2. The maximum absolute atomic E-state index is 12.0. The summed E-state index contributed by atoms with van der Waals surface area (Å²) in [5, 5.41) is 9.21. The van der Waals surface area contributed by atoms with Crippen molar-refractivity contribution in [3.8, 4) is 0 Å². The molecule has 1 rings (SSSR count). The number of carboxylic acid groups (broad SMARTS) is 1. The molecule has 0 aromatic rings. The zero-order chi connectivity index (χ0) is 14.5. The summed E-state index contributed by atoms with van der Waals surface area (Å²) < 4.78 is 26.6. The number of nitrogens with one attached hydrogen (secondary N) is 1. The van der Waals surface area contributed by atoms with Crippen molar-refractivity contribution in [3.05, 3.63) is 0 Å². The van der Waals surface area contributed by atoms with Crippen LogP contribution in [-0.4, -0.2) is 31.3 Å². The smallest absolute Gasteiger partial charge is 0.308 e. The van der Waals surface area contributed by atoms with Crippen LogP contribution >= 0.6 is 0 Å². The van der Waals surface area contributed by atoms with Gasteiger partial charge in [-0.3, -0.25) is 4.79 Å². The fourth-order valence-corrected chi connectivity index (χ4v) is 4.07. The molecule has 1 saturated carbocycles. The number of rotatable bonds is 6. The second kappa shape index (κ2) is 7.24. The summed E-state index contributed by atoms with van der Waals surface area (Å²) in [5.74, 6) is -1.08. The van der Waals surface area contributed by atoms with Crippen LogP contribution in [0.5, 0.6) is 0 Å². The van der Waals surface area contributed by atoms with E-state index in [1.165, 1.54) is 0 Å². The summed E-state index contributed by atoms with van der Waals surface area (Å²) in [6.45, 7) is 3.95. The van der Waals surface area contributed by atoms with E-state index in [2.05, 4.69) is 4.72 Å². The predicted octanol–water partition coefficient (Wildman–Crippen LogP) is 1.99. The van der Waals surface area contributed by atoms with Gasteiger partial charge in [-0.05, 0) is 25.2 Å². The lowest BCUT2D eigenvalue weighted by Crippen LogP contribution is -2.43. The third-order valence-corrected chi connectivity index (χ3v) is 5.06. The van der Waals surface area contributed by atoms with E-state index in [-0.39, 0.29) is 5.75 Å². The molecule has 6 heteroatoms. The highest BCUT2D eigenvalue weighted by Crippen LogP contribution is 2.24. The Morgan fingerprint density at radius 3 is 2.47 bits per heavy atom. The Kier molecular flexibility index (Phi) is 6.26. The molecule has 0 bridgehead atoms. The molecule has 1 aliphatic rings. The van der Waals surface area contributed by atoms with E-state index >= 15 is 0 Å². The summed E-state index contributed by atoms with van der Waals surface area (Å²) in [4.78, 5) is 11.2. The first-order chi connectivity index (χ1) is 8.82. The van der Waals surface area contributed by atoms with Gasteiger partial charge in [0, 0.05) is 6.04 Å². The topological polar surface area (TPSA) is 83.5 Å². The number of hydrogen-bond acceptors (Lipinski definition) is 3. The maximum Gasteiger partial charge on any atom is 0.308 e. The molecule has 1 aliphatic carbocycles. The van der Waals surface area contributed by atoms with Gasteiger partial charge in [0.2, 0.25) is 10.0 Å². The molecular formula is C13H25NO4S. The molecule has 0 saturated heterocycles. The molecule has 0 spiro atoms. The van der Waals surface area contributed by atoms with Crippen LogP contribution < -0.4 is 4.72 Å². The van der Waals surface area contributed by atoms with E-state index in [0.29, 0.717) is 25.2 Å². The largest absolute Gasteiger partial charge is 0.481 e. The summed E-state index contributed by atoms with van der Waals surface area (Å²) in [5.41, 5.74) is 0. The van der Waals surface area contributed by atoms with E-state index < -0.39 is 28.0 Å². The molecule has 0 radical (unpaired) electrons. The summed E-state index contributed by atoms with van der Waals surface area (Å²) in [6, 6.07) is -0.447. The number of carboxylic acids is 1. The van der Waals surface area contributed by atoms with Crippen molar-refractivity contribution in [2.24, 2.45) is 11.8 Å². The average Bonchev–Trinajstić information content (AvgIpc) is 2.51. The van der Waals surface area contributed by atoms with Crippen molar-refractivity contribution in [1.29, 1.82) is 0 Å². The molecule has 2 N–H and O–H groups in total. The maximum atomic E-state index is 12.0. The lowest BCUT2D eigenvalue weighted by Gasteiger charge is -2.22. The van der Waals surface area contributed by atoms with Crippen molar-refractivity contribution >= 4 is 16.0 Å². The monoisotopic (exact) mass is 291 g/mol. The van der Waals surface area contributed by atoms with Gasteiger partial charge in [-0.25, -0.2) is 13.1 Å². The molecule has 0 aromatic heterocycles. The molecule has 5 nitrogen and oxygen atoms in total. The number of aliphatic carboxylic acids is 1. The number of hydrogen-bond donors (Lipinski definition) is 2. The van der Waals surface area contributed by atoms with Crippen LogP contribution in [0.4, 0.5) is 0 Å². The lowest BCUT2D eigenvalue weighted by molar-refractivity contribution is -0.142. The van der Waals surface area contributed by atoms with Gasteiger partial charge in [-0.1, -0.05) is 33.1 Å². The first-order valence-electron chi connectivity index (χ1n) is 7.04. The molecule has 2 unspecified atom stereocenters. The van der Waals surface area contributed by atoms with Gasteiger partial charge < -0.3 is 5.11 Å². The Morgan fingerprint density at radius 2 is 1.89 bits per heavy atom. The minimum absolute atomic E-state index is 0.0769. The standard InChI is InChI=1S/C13H25NO4S/c1-10(2)8-9-19(17,18)14-12-7-5-3-4-6-11(12)13(15)16/h10-12,14H,3-9H2,1-2H3,(H,15,16). The lowest BCUT2D eigenvalue weighted by atomic mass is 9.96. The minimum atomic E-state index is -3.37. The van der Waals surface area contributed by atoms with E-state index in [0.717, 1.165) is 19.3 Å². The fraction of sp³-hybridized carbons (Fsp3) is 0.923. The molecular weight excluding hydrogens is 266 g/mol. The fourth-order valence-electron chi connectivity index (χ4n) is 2.42. The second-order valence-corrected chi connectivity index (χ2v) is 7.68. The number of sulfonamides is 1. The van der Waals surface area contributed by atoms with Crippen molar-refractivity contribution in [3.63, 3.8) is 0 Å². The van der Waals surface area contributed by atoms with E-state index in [9.17, 15) is 18.3 Å².